The second-order valence-corrected chi connectivity index (χ2v) is 3.67. The first kappa shape index (κ1) is 10.4. The third kappa shape index (κ3) is 1.80. The van der Waals surface area contributed by atoms with E-state index in [0.717, 1.165) is 0 Å². The summed E-state index contributed by atoms with van der Waals surface area (Å²) in [5.41, 5.74) is 0. The van der Waals surface area contributed by atoms with Gasteiger partial charge in [0.05, 0.1) is 0 Å². The number of rotatable bonds is 1. The van der Waals surface area contributed by atoms with E-state index in [9.17, 15) is 15.3 Å². The van der Waals surface area contributed by atoms with Crippen LogP contribution in [0.25, 0.3) is 0 Å². The molecule has 1 heterocycles. The molecule has 0 bridgehead atoms. The van der Waals surface area contributed by atoms with Crippen molar-refractivity contribution in [2.45, 2.75) is 29.4 Å². The average molecular weight is 242 g/mol. The topological polar surface area (TPSA) is 90.2 Å². The van der Waals surface area contributed by atoms with Gasteiger partial charge in [-0.25, -0.2) is 0 Å². The summed E-state index contributed by atoms with van der Waals surface area (Å²) in [4.78, 5) is 0. The van der Waals surface area contributed by atoms with E-state index in [2.05, 4.69) is 16.0 Å². The van der Waals surface area contributed by atoms with Gasteiger partial charge in [0, 0.05) is 0 Å². The van der Waals surface area contributed by atoms with E-state index in [0.29, 0.717) is 0 Å². The van der Waals surface area contributed by atoms with Crippen molar-refractivity contribution in [1.82, 2.24) is 0 Å². The first-order valence-electron chi connectivity index (χ1n) is 3.54. The molecular formula is C6H11O5Se. The van der Waals surface area contributed by atoms with Gasteiger partial charge in [-0.1, -0.05) is 0 Å². The fourth-order valence-electron chi connectivity index (χ4n) is 1.07. The van der Waals surface area contributed by atoms with Crippen LogP contribution in [-0.2, 0) is 4.74 Å². The molecule has 1 aliphatic rings. The van der Waals surface area contributed by atoms with Gasteiger partial charge in [-0.05, 0) is 0 Å². The molecule has 0 spiro atoms. The minimum atomic E-state index is -1.28. The zero-order valence-corrected chi connectivity index (χ0v) is 7.91. The van der Waals surface area contributed by atoms with E-state index < -0.39 is 29.4 Å². The summed E-state index contributed by atoms with van der Waals surface area (Å²) < 4.78 is 4.96. The Kier molecular flexibility index (Phi) is 3.48. The van der Waals surface area contributed by atoms with Crippen LogP contribution in [0.15, 0.2) is 0 Å². The zero-order valence-electron chi connectivity index (χ0n) is 6.20. The van der Waals surface area contributed by atoms with Crippen LogP contribution in [0.2, 0.25) is 0 Å². The van der Waals surface area contributed by atoms with Crippen molar-refractivity contribution in [3.05, 3.63) is 0 Å². The molecule has 1 saturated heterocycles. The Hall–Kier alpha value is 0.319. The van der Waals surface area contributed by atoms with Gasteiger partial charge in [-0.15, -0.1) is 0 Å². The minimum absolute atomic E-state index is 0.386. The average Bonchev–Trinajstić information content (AvgIpc) is 2.08. The van der Waals surface area contributed by atoms with Crippen LogP contribution < -0.4 is 0 Å². The Labute approximate surface area is 77.8 Å². The molecule has 1 rings (SSSR count). The van der Waals surface area contributed by atoms with E-state index in [-0.39, 0.29) is 6.61 Å². The Bertz CT molecular complexity index is 150. The standard InChI is InChI=1S/C6H11O5Se/c7-1-2-3(8)4(9)5(10)6(12)11-2/h2-10H,1H2/t2-,3-,4+,5-,6+/m1/s1. The molecule has 0 aliphatic carbocycles. The molecular weight excluding hydrogens is 231 g/mol. The number of hydrogen-bond acceptors (Lipinski definition) is 5. The maximum atomic E-state index is 9.22. The van der Waals surface area contributed by atoms with Crippen LogP contribution in [0.1, 0.15) is 0 Å². The van der Waals surface area contributed by atoms with Crippen molar-refractivity contribution in [1.29, 1.82) is 0 Å². The van der Waals surface area contributed by atoms with Crippen LogP contribution in [0.3, 0.4) is 0 Å². The second kappa shape index (κ2) is 4.02. The number of ether oxygens (including phenoxy) is 1. The van der Waals surface area contributed by atoms with Crippen molar-refractivity contribution in [3.63, 3.8) is 0 Å². The summed E-state index contributed by atoms with van der Waals surface area (Å²) >= 11 is 2.49. The fraction of sp³-hybridized carbons (Fsp3) is 1.00. The molecule has 4 N–H and O–H groups in total. The first-order valence-corrected chi connectivity index (χ1v) is 4.53. The Balaban J connectivity index is 2.63. The zero-order chi connectivity index (χ0) is 9.30. The van der Waals surface area contributed by atoms with E-state index in [4.69, 9.17) is 9.84 Å². The molecule has 5 atom stereocenters. The molecule has 1 fully saturated rings. The van der Waals surface area contributed by atoms with Crippen molar-refractivity contribution in [2.24, 2.45) is 0 Å². The van der Waals surface area contributed by atoms with Gasteiger partial charge in [0.25, 0.3) is 0 Å². The summed E-state index contributed by atoms with van der Waals surface area (Å²) in [7, 11) is 0. The van der Waals surface area contributed by atoms with Gasteiger partial charge in [-0.2, -0.15) is 0 Å². The predicted octanol–water partition coefficient (Wildman–Crippen LogP) is -3.05. The predicted molar refractivity (Wildman–Crippen MR) is 39.5 cm³/mol. The van der Waals surface area contributed by atoms with Gasteiger partial charge in [0.15, 0.2) is 0 Å². The monoisotopic (exact) mass is 243 g/mol. The summed E-state index contributed by atoms with van der Waals surface area (Å²) in [6.45, 7) is -0.386. The van der Waals surface area contributed by atoms with Gasteiger partial charge in [-0.3, -0.25) is 0 Å². The second-order valence-electron chi connectivity index (χ2n) is 2.70. The molecule has 6 heteroatoms. The first-order chi connectivity index (χ1) is 5.57. The van der Waals surface area contributed by atoms with Crippen molar-refractivity contribution < 1.29 is 25.2 Å². The third-order valence-corrected chi connectivity index (χ3v) is 2.67. The van der Waals surface area contributed by atoms with Crippen molar-refractivity contribution in [2.75, 3.05) is 6.61 Å². The number of hydrogen-bond donors (Lipinski definition) is 4. The number of aliphatic hydroxyl groups is 4. The van der Waals surface area contributed by atoms with Gasteiger partial charge in [0.2, 0.25) is 0 Å². The summed E-state index contributed by atoms with van der Waals surface area (Å²) in [5.74, 6) is 0. The molecule has 0 saturated carbocycles. The summed E-state index contributed by atoms with van der Waals surface area (Å²) in [5, 5.41) is 35.6. The molecule has 1 radical (unpaired) electrons. The van der Waals surface area contributed by atoms with Crippen LogP contribution in [0.4, 0.5) is 0 Å². The van der Waals surface area contributed by atoms with Crippen LogP contribution in [-0.4, -0.2) is 72.5 Å². The molecule has 5 nitrogen and oxygen atoms in total. The molecule has 0 aromatic carbocycles. The van der Waals surface area contributed by atoms with Crippen molar-refractivity contribution >= 4 is 16.0 Å². The molecule has 1 aliphatic heterocycles. The maximum absolute atomic E-state index is 9.22. The summed E-state index contributed by atoms with van der Waals surface area (Å²) in [6, 6.07) is 0. The molecule has 71 valence electrons. The fourth-order valence-corrected chi connectivity index (χ4v) is 1.70. The quantitative estimate of drug-likeness (QED) is 0.367. The Morgan fingerprint density at radius 1 is 1.08 bits per heavy atom. The van der Waals surface area contributed by atoms with E-state index in [1.54, 1.807) is 0 Å². The number of aliphatic hydroxyl groups excluding tert-OH is 4. The van der Waals surface area contributed by atoms with Crippen molar-refractivity contribution in [3.8, 4) is 0 Å². The molecule has 0 aromatic rings. The van der Waals surface area contributed by atoms with Gasteiger partial charge >= 0.3 is 77.2 Å². The van der Waals surface area contributed by atoms with Gasteiger partial charge in [0.1, 0.15) is 0 Å². The van der Waals surface area contributed by atoms with Crippen LogP contribution in [0.5, 0.6) is 0 Å². The van der Waals surface area contributed by atoms with Gasteiger partial charge < -0.3 is 0 Å². The Morgan fingerprint density at radius 2 is 1.67 bits per heavy atom. The van der Waals surface area contributed by atoms with Crippen LogP contribution in [0, 0.1) is 0 Å². The molecule has 0 amide bonds. The molecule has 0 aromatic heterocycles. The van der Waals surface area contributed by atoms with E-state index in [1.165, 1.54) is 0 Å². The Morgan fingerprint density at radius 3 is 2.17 bits per heavy atom. The third-order valence-electron chi connectivity index (χ3n) is 1.85. The SMILES string of the molecule is OC[C@H]1O[C@@H]([Se])[C@H](O)[C@@H](O)[C@@H]1O. The summed E-state index contributed by atoms with van der Waals surface area (Å²) in [6.07, 6.45) is -4.51. The molecule has 12 heavy (non-hydrogen) atoms. The van der Waals surface area contributed by atoms with E-state index in [1.807, 2.05) is 0 Å². The van der Waals surface area contributed by atoms with E-state index >= 15 is 0 Å². The van der Waals surface area contributed by atoms with Crippen LogP contribution >= 0.6 is 0 Å². The molecule has 0 unspecified atom stereocenters. The normalized spacial score (nSPS) is 49.2.